The molecule has 51 heavy (non-hydrogen) atoms. The lowest BCUT2D eigenvalue weighted by Gasteiger charge is -2.41. The number of likely N-dealkylation sites (tertiary alicyclic amines) is 1. The van der Waals surface area contributed by atoms with Crippen molar-refractivity contribution in [2.45, 2.75) is 71.1 Å². The molecule has 1 fully saturated rings. The number of hydroxylamine groups is 1. The average molecular weight is 733 g/mol. The highest BCUT2D eigenvalue weighted by molar-refractivity contribution is 5.95. The molecule has 0 bridgehead atoms. The van der Waals surface area contributed by atoms with E-state index >= 15 is 0 Å². The second kappa shape index (κ2) is 18.9. The van der Waals surface area contributed by atoms with Gasteiger partial charge in [0.2, 0.25) is 5.91 Å². The van der Waals surface area contributed by atoms with Gasteiger partial charge in [-0.3, -0.25) is 24.7 Å². The number of pyridine rings is 1. The number of aromatic nitrogens is 1. The smallest absolute Gasteiger partial charge is 0.489 e. The average Bonchev–Trinajstić information content (AvgIpc) is 3.07. The fraction of sp³-hybridized carbons (Fsp3) is 0.424. The Morgan fingerprint density at radius 2 is 1.49 bits per heavy atom. The van der Waals surface area contributed by atoms with Gasteiger partial charge < -0.3 is 20.3 Å². The summed E-state index contributed by atoms with van der Waals surface area (Å²) < 4.78 is 69.5. The number of nitrogens with zero attached hydrogens (tertiary/aromatic N) is 2. The van der Waals surface area contributed by atoms with Crippen LogP contribution in [0.2, 0.25) is 0 Å². The van der Waals surface area contributed by atoms with Crippen molar-refractivity contribution in [2.24, 2.45) is 5.92 Å². The van der Waals surface area contributed by atoms with Crippen molar-refractivity contribution >= 4 is 34.7 Å². The normalized spacial score (nSPS) is 16.2. The number of ether oxygens (including phenoxy) is 1. The van der Waals surface area contributed by atoms with Gasteiger partial charge in [-0.15, -0.1) is 0 Å². The predicted octanol–water partition coefficient (Wildman–Crippen LogP) is 5.50. The lowest BCUT2D eigenvalue weighted by atomic mass is 9.89. The summed E-state index contributed by atoms with van der Waals surface area (Å²) in [4.78, 5) is 50.1. The molecule has 5 N–H and O–H groups in total. The van der Waals surface area contributed by atoms with Crippen LogP contribution in [0, 0.1) is 12.8 Å². The number of carbonyl (C=O) groups is 4. The third kappa shape index (κ3) is 13.0. The molecule has 0 spiro atoms. The molecule has 0 unspecified atom stereocenters. The zero-order chi connectivity index (χ0) is 38.5. The van der Waals surface area contributed by atoms with Gasteiger partial charge in [-0.1, -0.05) is 32.0 Å². The molecular weight excluding hydrogens is 694 g/mol. The number of carboxylic acids is 2. The van der Waals surface area contributed by atoms with Crippen LogP contribution in [-0.4, -0.2) is 86.6 Å². The molecule has 1 aliphatic rings. The lowest BCUT2D eigenvalue weighted by Crippen LogP contribution is -2.58. The van der Waals surface area contributed by atoms with E-state index < -0.39 is 42.2 Å². The van der Waals surface area contributed by atoms with E-state index in [2.05, 4.69) is 29.0 Å². The molecule has 12 nitrogen and oxygen atoms in total. The number of hydrogen-bond donors (Lipinski definition) is 5. The molecule has 2 heterocycles. The van der Waals surface area contributed by atoms with E-state index in [0.717, 1.165) is 41.5 Å². The molecule has 1 aliphatic heterocycles. The maximum atomic E-state index is 13.1. The number of carbonyl (C=O) groups excluding carboxylic acids is 2. The monoisotopic (exact) mass is 732 g/mol. The highest BCUT2D eigenvalue weighted by atomic mass is 19.4. The Hall–Kier alpha value is -4.97. The SMILES string of the molecule is CCC(CC)N1CC[C@H](C(=O)NO)[C@H](NC(=O)c2ccc(OCc3cc(C)nc4ccccc34)cc2)C1.O=C(O)C(F)(F)F.O=C(O)C(F)(F)F. The zero-order valence-corrected chi connectivity index (χ0v) is 27.7. The van der Waals surface area contributed by atoms with Crippen LogP contribution in [0.1, 0.15) is 54.7 Å². The molecule has 18 heteroatoms. The number of aliphatic carboxylic acids is 2. The van der Waals surface area contributed by atoms with Crippen LogP contribution in [0.4, 0.5) is 26.3 Å². The van der Waals surface area contributed by atoms with Gasteiger partial charge in [-0.05, 0) is 69.1 Å². The molecule has 0 saturated carbocycles. The van der Waals surface area contributed by atoms with Gasteiger partial charge in [0.25, 0.3) is 5.91 Å². The number of para-hydroxylation sites is 1. The molecule has 2 amide bonds. The standard InChI is InChI=1S/C29H36N4O4.2C2HF3O2/c1-4-22(5-2)33-15-14-25(29(35)32-36)27(17-33)31-28(34)20-10-12-23(13-11-20)37-18-21-16-19(3)30-26-9-7-6-8-24(21)26;2*3-2(4,5)1(6)7/h6-13,16,22,25,27,36H,4-5,14-15,17-18H2,1-3H3,(H,31,34)(H,32,35);2*(H,6,7)/t25-,27+;;/m0../s1. The number of halogens is 6. The first kappa shape index (κ1) is 42.2. The maximum absolute atomic E-state index is 13.1. The van der Waals surface area contributed by atoms with E-state index in [1.54, 1.807) is 29.7 Å². The van der Waals surface area contributed by atoms with Gasteiger partial charge in [0.1, 0.15) is 12.4 Å². The summed E-state index contributed by atoms with van der Waals surface area (Å²) in [7, 11) is 0. The van der Waals surface area contributed by atoms with Crippen molar-refractivity contribution in [1.29, 1.82) is 0 Å². The largest absolute Gasteiger partial charge is 0.490 e. The fourth-order valence-corrected chi connectivity index (χ4v) is 5.29. The first-order valence-corrected chi connectivity index (χ1v) is 15.5. The molecule has 1 saturated heterocycles. The van der Waals surface area contributed by atoms with Crippen molar-refractivity contribution < 1.29 is 65.7 Å². The van der Waals surface area contributed by atoms with Crippen LogP contribution in [0.25, 0.3) is 10.9 Å². The number of nitrogens with one attached hydrogen (secondary N) is 2. The molecule has 2 atom stereocenters. The molecular formula is C33H38F6N4O8. The number of alkyl halides is 6. The zero-order valence-electron chi connectivity index (χ0n) is 27.7. The molecule has 2 aromatic carbocycles. The van der Waals surface area contributed by atoms with Crippen molar-refractivity contribution in [1.82, 2.24) is 20.7 Å². The van der Waals surface area contributed by atoms with Crippen LogP contribution in [0.5, 0.6) is 5.75 Å². The Kier molecular flexibility index (Phi) is 15.6. The van der Waals surface area contributed by atoms with Crippen molar-refractivity contribution in [3.8, 4) is 5.75 Å². The van der Waals surface area contributed by atoms with Crippen LogP contribution in [0.3, 0.4) is 0 Å². The van der Waals surface area contributed by atoms with Crippen molar-refractivity contribution in [2.75, 3.05) is 13.1 Å². The van der Waals surface area contributed by atoms with Crippen LogP contribution < -0.4 is 15.5 Å². The molecule has 280 valence electrons. The molecule has 4 rings (SSSR count). The molecule has 1 aromatic heterocycles. The van der Waals surface area contributed by atoms with Crippen LogP contribution in [-0.2, 0) is 21.0 Å². The minimum absolute atomic E-state index is 0.255. The van der Waals surface area contributed by atoms with Gasteiger partial charge in [0.15, 0.2) is 0 Å². The fourth-order valence-electron chi connectivity index (χ4n) is 5.29. The van der Waals surface area contributed by atoms with Crippen molar-refractivity contribution in [3.63, 3.8) is 0 Å². The quantitative estimate of drug-likeness (QED) is 0.107. The second-order valence-corrected chi connectivity index (χ2v) is 11.3. The Bertz CT molecular complexity index is 1610. The number of piperidine rings is 1. The van der Waals surface area contributed by atoms with Crippen LogP contribution in [0.15, 0.2) is 54.6 Å². The van der Waals surface area contributed by atoms with E-state index in [1.165, 1.54) is 0 Å². The molecule has 0 aliphatic carbocycles. The number of carboxylic acid groups (broad SMARTS) is 2. The first-order chi connectivity index (χ1) is 23.8. The predicted molar refractivity (Wildman–Crippen MR) is 170 cm³/mol. The number of benzene rings is 2. The number of amides is 2. The minimum Gasteiger partial charge on any atom is -0.489 e. The molecule has 3 aromatic rings. The van der Waals surface area contributed by atoms with Gasteiger partial charge in [-0.2, -0.15) is 26.3 Å². The third-order valence-electron chi connectivity index (χ3n) is 7.79. The van der Waals surface area contributed by atoms with Gasteiger partial charge in [0, 0.05) is 34.8 Å². The minimum atomic E-state index is -5.08. The summed E-state index contributed by atoms with van der Waals surface area (Å²) in [5.74, 6) is -6.06. The highest BCUT2D eigenvalue weighted by Gasteiger charge is 2.39. The summed E-state index contributed by atoms with van der Waals surface area (Å²) in [6.45, 7) is 7.98. The third-order valence-corrected chi connectivity index (χ3v) is 7.79. The summed E-state index contributed by atoms with van der Waals surface area (Å²) in [5.41, 5.74) is 5.18. The Morgan fingerprint density at radius 3 is 2.00 bits per heavy atom. The summed E-state index contributed by atoms with van der Waals surface area (Å²) in [5, 5.41) is 27.6. The summed E-state index contributed by atoms with van der Waals surface area (Å²) >= 11 is 0. The topological polar surface area (TPSA) is 178 Å². The molecule has 0 radical (unpaired) electrons. The van der Waals surface area contributed by atoms with Gasteiger partial charge >= 0.3 is 24.3 Å². The highest BCUT2D eigenvalue weighted by Crippen LogP contribution is 2.24. The lowest BCUT2D eigenvalue weighted by molar-refractivity contribution is -0.193. The summed E-state index contributed by atoms with van der Waals surface area (Å²) in [6, 6.07) is 17.0. The first-order valence-electron chi connectivity index (χ1n) is 15.5. The number of aryl methyl sites for hydroxylation is 1. The number of rotatable bonds is 9. The van der Waals surface area contributed by atoms with Gasteiger partial charge in [-0.25, -0.2) is 15.1 Å². The Balaban J connectivity index is 0.000000543. The summed E-state index contributed by atoms with van der Waals surface area (Å²) in [6.07, 6.45) is -7.58. The maximum Gasteiger partial charge on any atom is 0.490 e. The number of hydrogen-bond acceptors (Lipinski definition) is 8. The number of fused-ring (bicyclic) bond motifs is 1. The van der Waals surface area contributed by atoms with Crippen molar-refractivity contribution in [3.05, 3.63) is 71.4 Å². The Morgan fingerprint density at radius 1 is 0.941 bits per heavy atom. The van der Waals surface area contributed by atoms with E-state index in [1.807, 2.05) is 37.3 Å². The Labute approximate surface area is 288 Å². The van der Waals surface area contributed by atoms with Gasteiger partial charge in [0.05, 0.1) is 17.5 Å². The second-order valence-electron chi connectivity index (χ2n) is 11.3. The van der Waals surface area contributed by atoms with E-state index in [0.29, 0.717) is 36.9 Å². The van der Waals surface area contributed by atoms with Crippen LogP contribution >= 0.6 is 0 Å². The van der Waals surface area contributed by atoms with E-state index in [9.17, 15) is 41.1 Å². The van der Waals surface area contributed by atoms with E-state index in [-0.39, 0.29) is 5.91 Å². The van der Waals surface area contributed by atoms with E-state index in [4.69, 9.17) is 24.5 Å².